The monoisotopic (exact) mass is 583 g/mol. The van der Waals surface area contributed by atoms with Gasteiger partial charge in [-0.1, -0.05) is 73.7 Å². The SMILES string of the molecule is C[C@H]1[C@@H](CSc2ccc(C(=O)O)cc2)O[C@@H](c2ccc(CNC(=O)c3ccccc3)cc2)O[C@H]1c1ccc(CO)cc1. The molecular weight excluding hydrogens is 550 g/mol. The zero-order valence-corrected chi connectivity index (χ0v) is 24.0. The maximum atomic E-state index is 12.4. The van der Waals surface area contributed by atoms with Gasteiger partial charge in [-0.3, -0.25) is 4.79 Å². The molecule has 4 aromatic carbocycles. The van der Waals surface area contributed by atoms with Gasteiger partial charge in [0.2, 0.25) is 0 Å². The Kier molecular flexibility index (Phi) is 9.71. The minimum absolute atomic E-state index is 0.0226. The van der Waals surface area contributed by atoms with E-state index in [0.717, 1.165) is 27.1 Å². The Morgan fingerprint density at radius 1 is 0.786 bits per heavy atom. The van der Waals surface area contributed by atoms with Crippen molar-refractivity contribution in [2.24, 2.45) is 5.92 Å². The standard InChI is InChI=1S/C34H33NO6S/c1-22-30(21-42-29-17-15-27(16-18-29)33(38)39)40-34(41-31(22)25-11-9-24(20-36)10-12-25)28-13-7-23(8-14-28)19-35-32(37)26-5-3-2-4-6-26/h2-18,22,30-31,34,36H,19-21H2,1H3,(H,35,37)(H,38,39)/t22-,30+,31+,34+/m0/s1. The number of aliphatic hydroxyl groups is 1. The third-order valence-electron chi connectivity index (χ3n) is 7.38. The molecule has 1 amide bonds. The van der Waals surface area contributed by atoms with Crippen molar-refractivity contribution >= 4 is 23.6 Å². The highest BCUT2D eigenvalue weighted by Gasteiger charge is 2.38. The number of hydrogen-bond donors (Lipinski definition) is 3. The van der Waals surface area contributed by atoms with E-state index in [0.29, 0.717) is 17.9 Å². The van der Waals surface area contributed by atoms with E-state index in [1.165, 1.54) is 0 Å². The van der Waals surface area contributed by atoms with Crippen LogP contribution in [0.4, 0.5) is 0 Å². The molecule has 0 spiro atoms. The highest BCUT2D eigenvalue weighted by molar-refractivity contribution is 7.99. The molecule has 42 heavy (non-hydrogen) atoms. The Labute approximate surface area is 249 Å². The van der Waals surface area contributed by atoms with Crippen molar-refractivity contribution in [1.82, 2.24) is 5.32 Å². The molecule has 4 aromatic rings. The fourth-order valence-corrected chi connectivity index (χ4v) is 5.92. The van der Waals surface area contributed by atoms with Gasteiger partial charge in [0, 0.05) is 34.2 Å². The lowest BCUT2D eigenvalue weighted by molar-refractivity contribution is -0.268. The van der Waals surface area contributed by atoms with Crippen LogP contribution in [0.5, 0.6) is 0 Å². The number of aliphatic hydroxyl groups excluding tert-OH is 1. The van der Waals surface area contributed by atoms with Gasteiger partial charge in [-0.25, -0.2) is 4.79 Å². The summed E-state index contributed by atoms with van der Waals surface area (Å²) in [5, 5.41) is 21.6. The summed E-state index contributed by atoms with van der Waals surface area (Å²) in [7, 11) is 0. The number of aromatic carboxylic acids is 1. The number of carbonyl (C=O) groups is 2. The molecule has 0 aromatic heterocycles. The molecule has 1 aliphatic rings. The first kappa shape index (κ1) is 29.5. The second-order valence-corrected chi connectivity index (χ2v) is 11.3. The molecule has 1 saturated heterocycles. The van der Waals surface area contributed by atoms with Crippen molar-refractivity contribution in [2.45, 2.75) is 43.5 Å². The van der Waals surface area contributed by atoms with Crippen LogP contribution < -0.4 is 5.32 Å². The Balaban J connectivity index is 1.30. The van der Waals surface area contributed by atoms with Gasteiger partial charge in [0.1, 0.15) is 0 Å². The highest BCUT2D eigenvalue weighted by Crippen LogP contribution is 2.43. The van der Waals surface area contributed by atoms with Crippen molar-refractivity contribution < 1.29 is 29.3 Å². The van der Waals surface area contributed by atoms with Gasteiger partial charge >= 0.3 is 5.97 Å². The van der Waals surface area contributed by atoms with Crippen molar-refractivity contribution in [3.63, 3.8) is 0 Å². The van der Waals surface area contributed by atoms with E-state index in [4.69, 9.17) is 9.47 Å². The molecule has 0 bridgehead atoms. The van der Waals surface area contributed by atoms with E-state index >= 15 is 0 Å². The van der Waals surface area contributed by atoms with E-state index in [2.05, 4.69) is 12.2 Å². The van der Waals surface area contributed by atoms with Gasteiger partial charge in [0.15, 0.2) is 6.29 Å². The van der Waals surface area contributed by atoms with E-state index in [1.807, 2.05) is 78.9 Å². The summed E-state index contributed by atoms with van der Waals surface area (Å²) in [5.41, 5.74) is 4.55. The fourth-order valence-electron chi connectivity index (χ4n) is 4.85. The number of carboxylic acids is 1. The second-order valence-electron chi connectivity index (χ2n) is 10.3. The summed E-state index contributed by atoms with van der Waals surface area (Å²) < 4.78 is 13.0. The van der Waals surface area contributed by atoms with E-state index in [-0.39, 0.29) is 36.2 Å². The number of amides is 1. The van der Waals surface area contributed by atoms with Crippen LogP contribution in [-0.2, 0) is 22.6 Å². The fraction of sp³-hybridized carbons (Fsp3) is 0.235. The number of ether oxygens (including phenoxy) is 2. The first-order valence-electron chi connectivity index (χ1n) is 13.8. The van der Waals surface area contributed by atoms with Gasteiger partial charge in [-0.15, -0.1) is 11.8 Å². The molecule has 0 saturated carbocycles. The third kappa shape index (κ3) is 7.27. The molecular formula is C34H33NO6S. The second kappa shape index (κ2) is 13.8. The van der Waals surface area contributed by atoms with Gasteiger partial charge in [-0.2, -0.15) is 0 Å². The minimum atomic E-state index is -0.949. The van der Waals surface area contributed by atoms with Crippen LogP contribution in [0.1, 0.15) is 62.3 Å². The van der Waals surface area contributed by atoms with Crippen molar-refractivity contribution in [2.75, 3.05) is 5.75 Å². The summed E-state index contributed by atoms with van der Waals surface area (Å²) in [6.45, 7) is 2.49. The Bertz CT molecular complexity index is 1480. The minimum Gasteiger partial charge on any atom is -0.478 e. The Morgan fingerprint density at radius 3 is 2.07 bits per heavy atom. The molecule has 7 nitrogen and oxygen atoms in total. The normalized spacial score (nSPS) is 20.1. The predicted octanol–water partition coefficient (Wildman–Crippen LogP) is 6.39. The summed E-state index contributed by atoms with van der Waals surface area (Å²) in [5.74, 6) is -0.391. The molecule has 1 fully saturated rings. The maximum absolute atomic E-state index is 12.4. The lowest BCUT2D eigenvalue weighted by Crippen LogP contribution is -2.38. The molecule has 0 radical (unpaired) electrons. The quantitative estimate of drug-likeness (QED) is 0.186. The zero-order chi connectivity index (χ0) is 29.5. The van der Waals surface area contributed by atoms with Gasteiger partial charge < -0.3 is 25.0 Å². The molecule has 5 rings (SSSR count). The molecule has 1 heterocycles. The van der Waals surface area contributed by atoms with Crippen LogP contribution in [0, 0.1) is 5.92 Å². The number of carboxylic acid groups (broad SMARTS) is 1. The Hall–Kier alpha value is -3.95. The lowest BCUT2D eigenvalue weighted by Gasteiger charge is -2.41. The van der Waals surface area contributed by atoms with E-state index < -0.39 is 12.3 Å². The average Bonchev–Trinajstić information content (AvgIpc) is 3.04. The van der Waals surface area contributed by atoms with Crippen LogP contribution in [0.15, 0.2) is 108 Å². The zero-order valence-electron chi connectivity index (χ0n) is 23.2. The van der Waals surface area contributed by atoms with Crippen LogP contribution in [-0.4, -0.2) is 33.9 Å². The van der Waals surface area contributed by atoms with Crippen LogP contribution in [0.2, 0.25) is 0 Å². The smallest absolute Gasteiger partial charge is 0.335 e. The summed E-state index contributed by atoms with van der Waals surface area (Å²) in [4.78, 5) is 24.6. The number of hydrogen-bond acceptors (Lipinski definition) is 6. The van der Waals surface area contributed by atoms with E-state index in [9.17, 15) is 19.8 Å². The molecule has 1 aliphatic heterocycles. The highest BCUT2D eigenvalue weighted by atomic mass is 32.2. The third-order valence-corrected chi connectivity index (χ3v) is 8.48. The number of nitrogens with one attached hydrogen (secondary N) is 1. The largest absolute Gasteiger partial charge is 0.478 e. The van der Waals surface area contributed by atoms with Gasteiger partial charge in [0.05, 0.1) is 24.4 Å². The van der Waals surface area contributed by atoms with E-state index in [1.54, 1.807) is 36.0 Å². The number of rotatable bonds is 10. The first-order chi connectivity index (χ1) is 20.4. The summed E-state index contributed by atoms with van der Waals surface area (Å²) in [6.07, 6.45) is -0.988. The predicted molar refractivity (Wildman–Crippen MR) is 161 cm³/mol. The first-order valence-corrected chi connectivity index (χ1v) is 14.8. The molecule has 0 unspecified atom stereocenters. The van der Waals surface area contributed by atoms with Gasteiger partial charge in [0.25, 0.3) is 5.91 Å². The maximum Gasteiger partial charge on any atom is 0.335 e. The van der Waals surface area contributed by atoms with Crippen molar-refractivity contribution in [3.8, 4) is 0 Å². The number of thioether (sulfide) groups is 1. The molecule has 216 valence electrons. The van der Waals surface area contributed by atoms with Crippen LogP contribution in [0.25, 0.3) is 0 Å². The summed E-state index contributed by atoms with van der Waals surface area (Å²) >= 11 is 1.61. The van der Waals surface area contributed by atoms with Crippen LogP contribution >= 0.6 is 11.8 Å². The molecule has 0 aliphatic carbocycles. The molecule has 8 heteroatoms. The van der Waals surface area contributed by atoms with Gasteiger partial charge in [-0.05, 0) is 53.1 Å². The summed E-state index contributed by atoms with van der Waals surface area (Å²) in [6, 6.07) is 31.6. The Morgan fingerprint density at radius 2 is 1.43 bits per heavy atom. The number of carbonyl (C=O) groups excluding carboxylic acids is 1. The number of benzene rings is 4. The van der Waals surface area contributed by atoms with Crippen LogP contribution in [0.3, 0.4) is 0 Å². The average molecular weight is 584 g/mol. The molecule has 3 N–H and O–H groups in total. The lowest BCUT2D eigenvalue weighted by atomic mass is 9.91. The molecule has 4 atom stereocenters. The van der Waals surface area contributed by atoms with Crippen molar-refractivity contribution in [1.29, 1.82) is 0 Å². The topological polar surface area (TPSA) is 105 Å². The van der Waals surface area contributed by atoms with Crippen molar-refractivity contribution in [3.05, 3.63) is 137 Å².